The lowest BCUT2D eigenvalue weighted by molar-refractivity contribution is -0.00474. The van der Waals surface area contributed by atoms with Gasteiger partial charge in [0, 0.05) is 24.2 Å². The molecule has 2 aromatic rings. The van der Waals surface area contributed by atoms with Crippen molar-refractivity contribution in [3.05, 3.63) is 36.5 Å². The smallest absolute Gasteiger partial charge is 0.146 e. The average molecular weight is 244 g/mol. The van der Waals surface area contributed by atoms with Gasteiger partial charge in [0.25, 0.3) is 0 Å². The summed E-state index contributed by atoms with van der Waals surface area (Å²) < 4.78 is 11.4. The lowest BCUT2D eigenvalue weighted by Crippen LogP contribution is -2.46. The van der Waals surface area contributed by atoms with Crippen LogP contribution in [0.25, 0.3) is 10.9 Å². The number of pyridine rings is 1. The Morgan fingerprint density at radius 2 is 2.17 bits per heavy atom. The first-order valence-corrected chi connectivity index (χ1v) is 6.18. The van der Waals surface area contributed by atoms with Gasteiger partial charge in [-0.1, -0.05) is 18.2 Å². The lowest BCUT2D eigenvalue weighted by Gasteiger charge is -2.29. The number of nitrogens with two attached hydrogens (primary N) is 1. The minimum absolute atomic E-state index is 0.0257. The van der Waals surface area contributed by atoms with E-state index >= 15 is 0 Å². The van der Waals surface area contributed by atoms with E-state index in [0.717, 1.165) is 29.7 Å². The Balaban J connectivity index is 1.90. The molecule has 94 valence electrons. The molecular weight excluding hydrogens is 228 g/mol. The normalized spacial score (nSPS) is 24.1. The molecule has 1 aliphatic rings. The van der Waals surface area contributed by atoms with Crippen LogP contribution >= 0.6 is 0 Å². The van der Waals surface area contributed by atoms with Crippen LogP contribution in [0.3, 0.4) is 0 Å². The van der Waals surface area contributed by atoms with Crippen LogP contribution in [0.15, 0.2) is 36.5 Å². The van der Waals surface area contributed by atoms with E-state index < -0.39 is 0 Å². The number of hydrogen-bond acceptors (Lipinski definition) is 4. The molecule has 1 fully saturated rings. The van der Waals surface area contributed by atoms with Crippen molar-refractivity contribution in [2.24, 2.45) is 5.73 Å². The number of fused-ring (bicyclic) bond motifs is 1. The predicted octanol–water partition coefficient (Wildman–Crippen LogP) is 1.73. The van der Waals surface area contributed by atoms with Crippen molar-refractivity contribution in [1.82, 2.24) is 4.98 Å². The minimum Gasteiger partial charge on any atom is -0.484 e. The Morgan fingerprint density at radius 1 is 1.28 bits per heavy atom. The molecule has 2 N–H and O–H groups in total. The molecule has 1 aliphatic heterocycles. The van der Waals surface area contributed by atoms with Crippen LogP contribution < -0.4 is 10.5 Å². The standard InChI is InChI=1S/C14H16N2O2/c15-11-6-8-17-9-13(11)18-12-5-1-3-10-4-2-7-16-14(10)12/h1-5,7,11,13H,6,8-9,15H2. The fraction of sp³-hybridized carbons (Fsp3) is 0.357. The Kier molecular flexibility index (Phi) is 3.13. The highest BCUT2D eigenvalue weighted by Crippen LogP contribution is 2.25. The summed E-state index contributed by atoms with van der Waals surface area (Å²) in [6.07, 6.45) is 2.52. The lowest BCUT2D eigenvalue weighted by atomic mass is 10.1. The zero-order chi connectivity index (χ0) is 12.4. The van der Waals surface area contributed by atoms with Gasteiger partial charge in [-0.25, -0.2) is 0 Å². The molecule has 0 saturated carbocycles. The molecule has 2 atom stereocenters. The van der Waals surface area contributed by atoms with Crippen LogP contribution in [-0.2, 0) is 4.74 Å². The number of aromatic nitrogens is 1. The minimum atomic E-state index is -0.0913. The Labute approximate surface area is 106 Å². The van der Waals surface area contributed by atoms with Gasteiger partial charge in [-0.15, -0.1) is 0 Å². The molecule has 0 aliphatic carbocycles. The van der Waals surface area contributed by atoms with Gasteiger partial charge in [-0.05, 0) is 18.6 Å². The van der Waals surface area contributed by atoms with Gasteiger partial charge in [-0.3, -0.25) is 4.98 Å². The van der Waals surface area contributed by atoms with Crippen LogP contribution in [0.4, 0.5) is 0 Å². The molecule has 0 amide bonds. The van der Waals surface area contributed by atoms with Crippen molar-refractivity contribution in [2.45, 2.75) is 18.6 Å². The van der Waals surface area contributed by atoms with Crippen LogP contribution in [0.5, 0.6) is 5.75 Å². The third-order valence-electron chi connectivity index (χ3n) is 3.23. The van der Waals surface area contributed by atoms with E-state index in [2.05, 4.69) is 4.98 Å². The molecule has 1 saturated heterocycles. The highest BCUT2D eigenvalue weighted by atomic mass is 16.5. The molecule has 4 heteroatoms. The summed E-state index contributed by atoms with van der Waals surface area (Å²) in [5.74, 6) is 0.777. The molecule has 4 nitrogen and oxygen atoms in total. The van der Waals surface area contributed by atoms with Crippen LogP contribution in [0, 0.1) is 0 Å². The maximum Gasteiger partial charge on any atom is 0.146 e. The SMILES string of the molecule is NC1CCOCC1Oc1cccc2cccnc12. The summed E-state index contributed by atoms with van der Waals surface area (Å²) in [6.45, 7) is 1.26. The summed E-state index contributed by atoms with van der Waals surface area (Å²) in [5.41, 5.74) is 6.92. The van der Waals surface area contributed by atoms with Gasteiger partial charge in [0.05, 0.1) is 6.61 Å². The first-order chi connectivity index (χ1) is 8.84. The Bertz CT molecular complexity index is 539. The van der Waals surface area contributed by atoms with Gasteiger partial charge in [0.15, 0.2) is 0 Å². The van der Waals surface area contributed by atoms with E-state index in [4.69, 9.17) is 15.2 Å². The quantitative estimate of drug-likeness (QED) is 0.874. The van der Waals surface area contributed by atoms with Gasteiger partial charge in [-0.2, -0.15) is 0 Å². The molecule has 1 aromatic heterocycles. The largest absolute Gasteiger partial charge is 0.484 e. The third-order valence-corrected chi connectivity index (χ3v) is 3.23. The van der Waals surface area contributed by atoms with Crippen molar-refractivity contribution >= 4 is 10.9 Å². The van der Waals surface area contributed by atoms with E-state index in [1.165, 1.54) is 0 Å². The van der Waals surface area contributed by atoms with Gasteiger partial charge < -0.3 is 15.2 Å². The molecule has 2 unspecified atom stereocenters. The summed E-state index contributed by atoms with van der Waals surface area (Å²) in [4.78, 5) is 4.37. The highest BCUT2D eigenvalue weighted by molar-refractivity contribution is 5.84. The molecule has 2 heterocycles. The monoisotopic (exact) mass is 244 g/mol. The molecular formula is C14H16N2O2. The number of benzene rings is 1. The van der Waals surface area contributed by atoms with Crippen molar-refractivity contribution in [3.8, 4) is 5.75 Å². The van der Waals surface area contributed by atoms with Crippen molar-refractivity contribution in [2.75, 3.05) is 13.2 Å². The number of ether oxygens (including phenoxy) is 2. The van der Waals surface area contributed by atoms with Gasteiger partial charge >= 0.3 is 0 Å². The van der Waals surface area contributed by atoms with Crippen LogP contribution in [0.2, 0.25) is 0 Å². The number of nitrogens with zero attached hydrogens (tertiary/aromatic N) is 1. The second kappa shape index (κ2) is 4.92. The summed E-state index contributed by atoms with van der Waals surface area (Å²) in [5, 5.41) is 1.07. The van der Waals surface area contributed by atoms with Crippen molar-refractivity contribution in [3.63, 3.8) is 0 Å². The molecule has 0 radical (unpaired) electrons. The zero-order valence-electron chi connectivity index (χ0n) is 10.1. The first-order valence-electron chi connectivity index (χ1n) is 6.18. The Hall–Kier alpha value is -1.65. The third kappa shape index (κ3) is 2.17. The fourth-order valence-corrected chi connectivity index (χ4v) is 2.18. The number of rotatable bonds is 2. The first kappa shape index (κ1) is 11.4. The number of hydrogen-bond donors (Lipinski definition) is 1. The molecule has 18 heavy (non-hydrogen) atoms. The maximum atomic E-state index is 6.05. The average Bonchev–Trinajstić information content (AvgIpc) is 2.42. The van der Waals surface area contributed by atoms with Crippen molar-refractivity contribution in [1.29, 1.82) is 0 Å². The summed E-state index contributed by atoms with van der Waals surface area (Å²) >= 11 is 0. The van der Waals surface area contributed by atoms with Gasteiger partial charge in [0.1, 0.15) is 17.4 Å². The summed E-state index contributed by atoms with van der Waals surface area (Å²) in [6, 6.07) is 9.88. The van der Waals surface area contributed by atoms with E-state index in [1.54, 1.807) is 6.20 Å². The van der Waals surface area contributed by atoms with Gasteiger partial charge in [0.2, 0.25) is 0 Å². The predicted molar refractivity (Wildman–Crippen MR) is 69.6 cm³/mol. The van der Waals surface area contributed by atoms with Crippen LogP contribution in [-0.4, -0.2) is 30.3 Å². The van der Waals surface area contributed by atoms with E-state index in [1.807, 2.05) is 30.3 Å². The molecule has 0 bridgehead atoms. The molecule has 1 aromatic carbocycles. The second-order valence-corrected chi connectivity index (χ2v) is 4.52. The van der Waals surface area contributed by atoms with Crippen molar-refractivity contribution < 1.29 is 9.47 Å². The highest BCUT2D eigenvalue weighted by Gasteiger charge is 2.24. The topological polar surface area (TPSA) is 57.4 Å². The fourth-order valence-electron chi connectivity index (χ4n) is 2.18. The maximum absolute atomic E-state index is 6.05. The molecule has 0 spiro atoms. The van der Waals surface area contributed by atoms with Crippen LogP contribution in [0.1, 0.15) is 6.42 Å². The second-order valence-electron chi connectivity index (χ2n) is 4.52. The van der Waals surface area contributed by atoms with E-state index in [0.29, 0.717) is 6.61 Å². The number of para-hydroxylation sites is 1. The van der Waals surface area contributed by atoms with E-state index in [9.17, 15) is 0 Å². The molecule has 3 rings (SSSR count). The summed E-state index contributed by atoms with van der Waals surface area (Å²) in [7, 11) is 0. The Morgan fingerprint density at radius 3 is 3.06 bits per heavy atom. The zero-order valence-corrected chi connectivity index (χ0v) is 10.1. The van der Waals surface area contributed by atoms with E-state index in [-0.39, 0.29) is 12.1 Å².